The summed E-state index contributed by atoms with van der Waals surface area (Å²) >= 11 is 6.33. The van der Waals surface area contributed by atoms with E-state index in [1.165, 1.54) is 4.90 Å². The van der Waals surface area contributed by atoms with Crippen molar-refractivity contribution in [1.29, 1.82) is 0 Å². The first-order valence-corrected chi connectivity index (χ1v) is 9.83. The van der Waals surface area contributed by atoms with Crippen molar-refractivity contribution >= 4 is 35.4 Å². The van der Waals surface area contributed by atoms with E-state index in [2.05, 4.69) is 20.6 Å². The first-order chi connectivity index (χ1) is 12.9. The van der Waals surface area contributed by atoms with Gasteiger partial charge in [-0.15, -0.1) is 11.6 Å². The third-order valence-electron chi connectivity index (χ3n) is 5.88. The van der Waals surface area contributed by atoms with Gasteiger partial charge in [-0.3, -0.25) is 9.69 Å². The van der Waals surface area contributed by atoms with Gasteiger partial charge in [-0.25, -0.2) is 9.78 Å². The molecular weight excluding hydrogens is 370 g/mol. The molecule has 2 fully saturated rings. The topological polar surface area (TPSA) is 96.5 Å². The number of fused-ring (bicyclic) bond motifs is 2. The second-order valence-electron chi connectivity index (χ2n) is 7.72. The minimum atomic E-state index is -0.439. The van der Waals surface area contributed by atoms with Gasteiger partial charge in [0.25, 0.3) is 0 Å². The third-order valence-corrected chi connectivity index (χ3v) is 6.28. The Morgan fingerprint density at radius 3 is 3.00 bits per heavy atom. The Bertz CT molecular complexity index is 761. The van der Waals surface area contributed by atoms with Crippen LogP contribution in [-0.4, -0.2) is 46.5 Å². The molecular formula is C18H24ClN5O3. The molecule has 2 amide bonds. The number of carbonyl (C=O) groups excluding carboxylic acids is 2. The fourth-order valence-corrected chi connectivity index (χ4v) is 4.65. The van der Waals surface area contributed by atoms with E-state index in [1.807, 2.05) is 6.92 Å². The number of hydrogen-bond donors (Lipinski definition) is 2. The summed E-state index contributed by atoms with van der Waals surface area (Å²) in [4.78, 5) is 34.4. The maximum atomic E-state index is 12.6. The van der Waals surface area contributed by atoms with Gasteiger partial charge in [0.05, 0.1) is 11.5 Å². The van der Waals surface area contributed by atoms with Gasteiger partial charge in [-0.2, -0.15) is 4.98 Å². The van der Waals surface area contributed by atoms with Crippen LogP contribution in [0, 0.1) is 11.8 Å². The lowest BCUT2D eigenvalue weighted by molar-refractivity contribution is -0.130. The largest absolute Gasteiger partial charge is 0.444 e. The molecule has 9 heteroatoms. The van der Waals surface area contributed by atoms with Crippen LogP contribution in [0.5, 0.6) is 0 Å². The summed E-state index contributed by atoms with van der Waals surface area (Å²) in [6, 6.07) is 0.108. The van der Waals surface area contributed by atoms with Crippen molar-refractivity contribution < 1.29 is 14.3 Å². The number of cyclic esters (lactones) is 1. The summed E-state index contributed by atoms with van der Waals surface area (Å²) < 4.78 is 5.03. The van der Waals surface area contributed by atoms with E-state index >= 15 is 0 Å². The van der Waals surface area contributed by atoms with E-state index in [0.29, 0.717) is 17.7 Å². The summed E-state index contributed by atoms with van der Waals surface area (Å²) in [5.74, 6) is 1.25. The van der Waals surface area contributed by atoms with Gasteiger partial charge in [-0.1, -0.05) is 0 Å². The lowest BCUT2D eigenvalue weighted by Gasteiger charge is -2.42. The van der Waals surface area contributed by atoms with Crippen molar-refractivity contribution in [2.24, 2.45) is 11.8 Å². The second-order valence-corrected chi connectivity index (χ2v) is 8.33. The van der Waals surface area contributed by atoms with E-state index in [-0.39, 0.29) is 35.9 Å². The monoisotopic (exact) mass is 393 g/mol. The average Bonchev–Trinajstić information content (AvgIpc) is 2.65. The summed E-state index contributed by atoms with van der Waals surface area (Å²) in [7, 11) is 1.61. The van der Waals surface area contributed by atoms with Crippen molar-refractivity contribution in [2.45, 2.75) is 56.7 Å². The zero-order valence-electron chi connectivity index (χ0n) is 15.4. The molecule has 1 aromatic heterocycles. The highest BCUT2D eigenvalue weighted by Gasteiger charge is 2.41. The highest BCUT2D eigenvalue weighted by molar-refractivity contribution is 6.20. The molecule has 5 atom stereocenters. The molecule has 2 aliphatic heterocycles. The van der Waals surface area contributed by atoms with Gasteiger partial charge in [0.2, 0.25) is 11.9 Å². The fourth-order valence-electron chi connectivity index (χ4n) is 4.30. The van der Waals surface area contributed by atoms with Crippen LogP contribution in [0.3, 0.4) is 0 Å². The van der Waals surface area contributed by atoms with Crippen molar-refractivity contribution in [1.82, 2.24) is 15.3 Å². The molecule has 4 unspecified atom stereocenters. The van der Waals surface area contributed by atoms with Gasteiger partial charge in [0.15, 0.2) is 0 Å². The van der Waals surface area contributed by atoms with Gasteiger partial charge < -0.3 is 15.4 Å². The van der Waals surface area contributed by atoms with Crippen LogP contribution in [0.1, 0.15) is 38.2 Å². The Balaban J connectivity index is 1.46. The number of hydrogen-bond acceptors (Lipinski definition) is 6. The summed E-state index contributed by atoms with van der Waals surface area (Å²) in [5, 5.41) is 6.61. The van der Waals surface area contributed by atoms with Crippen LogP contribution in [0.4, 0.5) is 16.6 Å². The standard InChI is InChI=1S/C18H24ClN5O3/c1-9(13-6-10-5-12(19)3-4-14(10)22-16(13)25)21-17-20-7-11-8-27-18(26)24(2)15(11)23-17/h7,9-10,12-14H,3-6,8H2,1-2H3,(H,22,25)(H,20,21,23)/t9-,10?,12?,13?,14?/m0/s1. The maximum Gasteiger partial charge on any atom is 0.415 e. The van der Waals surface area contributed by atoms with E-state index in [0.717, 1.165) is 31.2 Å². The van der Waals surface area contributed by atoms with E-state index in [9.17, 15) is 9.59 Å². The van der Waals surface area contributed by atoms with E-state index in [1.54, 1.807) is 13.2 Å². The SMILES string of the molecule is C[C@H](Nc1ncc2c(n1)N(C)C(=O)OC2)C1CC2CC(Cl)CCC2NC1=O. The number of aromatic nitrogens is 2. The molecule has 8 nitrogen and oxygen atoms in total. The van der Waals surface area contributed by atoms with Crippen LogP contribution in [0.25, 0.3) is 0 Å². The molecule has 0 aromatic carbocycles. The first-order valence-electron chi connectivity index (χ1n) is 9.39. The number of ether oxygens (including phenoxy) is 1. The van der Waals surface area contributed by atoms with Crippen molar-refractivity contribution in [3.05, 3.63) is 11.8 Å². The molecule has 27 heavy (non-hydrogen) atoms. The molecule has 0 bridgehead atoms. The molecule has 0 spiro atoms. The number of piperidine rings is 1. The lowest BCUT2D eigenvalue weighted by Crippen LogP contribution is -2.55. The fraction of sp³-hybridized carbons (Fsp3) is 0.667. The number of rotatable bonds is 3. The number of nitrogens with one attached hydrogen (secondary N) is 2. The number of amides is 2. The van der Waals surface area contributed by atoms with Crippen LogP contribution < -0.4 is 15.5 Å². The number of alkyl halides is 1. The Hall–Kier alpha value is -2.09. The normalized spacial score (nSPS) is 31.3. The predicted molar refractivity (Wildman–Crippen MR) is 101 cm³/mol. The average molecular weight is 394 g/mol. The van der Waals surface area contributed by atoms with Gasteiger partial charge in [0.1, 0.15) is 12.4 Å². The summed E-state index contributed by atoms with van der Waals surface area (Å²) in [6.07, 6.45) is 4.88. The quantitative estimate of drug-likeness (QED) is 0.765. The van der Waals surface area contributed by atoms with Gasteiger partial charge >= 0.3 is 6.09 Å². The Morgan fingerprint density at radius 2 is 2.19 bits per heavy atom. The zero-order valence-corrected chi connectivity index (χ0v) is 16.2. The molecule has 1 saturated heterocycles. The van der Waals surface area contributed by atoms with Crippen LogP contribution in [-0.2, 0) is 16.1 Å². The smallest absolute Gasteiger partial charge is 0.415 e. The van der Waals surface area contributed by atoms with Crippen LogP contribution >= 0.6 is 11.6 Å². The van der Waals surface area contributed by atoms with Gasteiger partial charge in [0, 0.05) is 30.7 Å². The molecule has 0 radical (unpaired) electrons. The molecule has 4 rings (SSSR count). The molecule has 1 aliphatic carbocycles. The van der Waals surface area contributed by atoms with Crippen LogP contribution in [0.2, 0.25) is 0 Å². The van der Waals surface area contributed by atoms with Gasteiger partial charge in [-0.05, 0) is 38.5 Å². The van der Waals surface area contributed by atoms with Crippen molar-refractivity contribution in [3.8, 4) is 0 Å². The lowest BCUT2D eigenvalue weighted by atomic mass is 9.74. The molecule has 3 heterocycles. The number of carbonyl (C=O) groups is 2. The second kappa shape index (κ2) is 7.14. The highest BCUT2D eigenvalue weighted by Crippen LogP contribution is 2.37. The van der Waals surface area contributed by atoms with Crippen molar-refractivity contribution in [3.63, 3.8) is 0 Å². The Kier molecular flexibility index (Phi) is 4.84. The zero-order chi connectivity index (χ0) is 19.1. The molecule has 3 aliphatic rings. The third kappa shape index (κ3) is 3.54. The first kappa shape index (κ1) is 18.3. The minimum absolute atomic E-state index is 0.0722. The predicted octanol–water partition coefficient (Wildman–Crippen LogP) is 2.28. The highest BCUT2D eigenvalue weighted by atomic mass is 35.5. The Labute approximate surface area is 163 Å². The molecule has 1 aromatic rings. The Morgan fingerprint density at radius 1 is 1.37 bits per heavy atom. The van der Waals surface area contributed by atoms with E-state index < -0.39 is 6.09 Å². The van der Waals surface area contributed by atoms with Crippen molar-refractivity contribution in [2.75, 3.05) is 17.3 Å². The number of anilines is 2. The summed E-state index contributed by atoms with van der Waals surface area (Å²) in [6.45, 7) is 2.13. The summed E-state index contributed by atoms with van der Waals surface area (Å²) in [5.41, 5.74) is 0.754. The maximum absolute atomic E-state index is 12.6. The molecule has 1 saturated carbocycles. The number of nitrogens with zero attached hydrogens (tertiary/aromatic N) is 3. The van der Waals surface area contributed by atoms with E-state index in [4.69, 9.17) is 16.3 Å². The molecule has 2 N–H and O–H groups in total. The molecule has 146 valence electrons. The van der Waals surface area contributed by atoms with Crippen LogP contribution in [0.15, 0.2) is 6.20 Å². The number of halogens is 1. The minimum Gasteiger partial charge on any atom is -0.444 e.